The van der Waals surface area contributed by atoms with Crippen LogP contribution in [0, 0.1) is 6.92 Å². The highest BCUT2D eigenvalue weighted by molar-refractivity contribution is 6.38. The van der Waals surface area contributed by atoms with Crippen molar-refractivity contribution in [3.63, 3.8) is 0 Å². The summed E-state index contributed by atoms with van der Waals surface area (Å²) in [5.74, 6) is 0.708. The first kappa shape index (κ1) is 23.4. The monoisotopic (exact) mass is 501 g/mol. The molecular weight excluding hydrogens is 477 g/mol. The summed E-state index contributed by atoms with van der Waals surface area (Å²) in [5, 5.41) is 3.07. The quantitative estimate of drug-likeness (QED) is 0.228. The van der Waals surface area contributed by atoms with Crippen molar-refractivity contribution in [2.24, 2.45) is 0 Å². The zero-order valence-corrected chi connectivity index (χ0v) is 21.1. The van der Waals surface area contributed by atoms with E-state index in [-0.39, 0.29) is 5.78 Å². The fraction of sp³-hybridized carbons (Fsp3) is 0.172. The fourth-order valence-electron chi connectivity index (χ4n) is 4.85. The van der Waals surface area contributed by atoms with Gasteiger partial charge in [-0.2, -0.15) is 0 Å². The molecule has 2 heterocycles. The molecule has 2 aromatic heterocycles. The van der Waals surface area contributed by atoms with Crippen LogP contribution in [0.25, 0.3) is 27.7 Å². The molecule has 0 amide bonds. The number of H-pyrrole nitrogens is 1. The number of nitrogens with zero attached hydrogens (tertiary/aromatic N) is 2. The van der Waals surface area contributed by atoms with Crippen LogP contribution in [0.4, 0.5) is 0 Å². The second-order valence-corrected chi connectivity index (χ2v) is 9.48. The Kier molecular flexibility index (Phi) is 6.50. The third-order valence-corrected chi connectivity index (χ3v) is 7.01. The van der Waals surface area contributed by atoms with Crippen LogP contribution in [0.2, 0.25) is 10.0 Å². The van der Waals surface area contributed by atoms with Gasteiger partial charge in [0.25, 0.3) is 0 Å². The third-order valence-electron chi connectivity index (χ3n) is 6.46. The molecule has 0 bridgehead atoms. The normalized spacial score (nSPS) is 11.3. The molecule has 0 radical (unpaired) electrons. The number of aromatic nitrogens is 3. The minimum absolute atomic E-state index is 0.122. The van der Waals surface area contributed by atoms with Gasteiger partial charge in [0.1, 0.15) is 5.82 Å². The zero-order chi connectivity index (χ0) is 24.5. The predicted molar refractivity (Wildman–Crippen MR) is 144 cm³/mol. The van der Waals surface area contributed by atoms with Crippen LogP contribution < -0.4 is 0 Å². The van der Waals surface area contributed by atoms with Crippen molar-refractivity contribution in [2.75, 3.05) is 0 Å². The van der Waals surface area contributed by atoms with Crippen LogP contribution in [0.5, 0.6) is 0 Å². The first-order valence-corrected chi connectivity index (χ1v) is 12.5. The summed E-state index contributed by atoms with van der Waals surface area (Å²) in [7, 11) is 0. The summed E-state index contributed by atoms with van der Waals surface area (Å²) >= 11 is 12.7. The van der Waals surface area contributed by atoms with Crippen LogP contribution in [0.3, 0.4) is 0 Å². The number of halogens is 2. The largest absolute Gasteiger partial charge is 0.331 e. The summed E-state index contributed by atoms with van der Waals surface area (Å²) in [6.45, 7) is 4.16. The molecule has 0 aliphatic rings. The lowest BCUT2D eigenvalue weighted by molar-refractivity contribution is 0.103. The average molecular weight is 502 g/mol. The van der Waals surface area contributed by atoms with Gasteiger partial charge in [-0.25, -0.2) is 4.98 Å². The maximum absolute atomic E-state index is 14.2. The maximum atomic E-state index is 14.2. The molecule has 1 N–H and O–H groups in total. The third kappa shape index (κ3) is 4.18. The molecule has 0 aliphatic heterocycles. The number of nitrogens with one attached hydrogen (secondary N) is 1. The van der Waals surface area contributed by atoms with Crippen molar-refractivity contribution >= 4 is 39.8 Å². The van der Waals surface area contributed by atoms with Gasteiger partial charge in [0.05, 0.1) is 23.1 Å². The van der Waals surface area contributed by atoms with Gasteiger partial charge in [-0.1, -0.05) is 79.0 Å². The molecule has 5 aromatic rings. The topological polar surface area (TPSA) is 50.7 Å². The second kappa shape index (κ2) is 9.73. The molecular formula is C29H25Cl2N3O. The number of fused-ring (bicyclic) bond motifs is 1. The number of hydrogen-bond acceptors (Lipinski definition) is 2. The number of ketones is 1. The van der Waals surface area contributed by atoms with E-state index in [0.717, 1.165) is 58.4 Å². The van der Waals surface area contributed by atoms with Gasteiger partial charge >= 0.3 is 0 Å². The SMILES string of the molecule is CCCCc1c(-c2cccc3ccccc23)c(C(=O)c2ccc(Cl)cc2Cl)c(C)n1-c1cnc[nH]1. The molecule has 0 aliphatic carbocycles. The van der Waals surface area contributed by atoms with Crippen molar-refractivity contribution in [1.82, 2.24) is 14.5 Å². The molecule has 3 aromatic carbocycles. The Balaban J connectivity index is 1.88. The number of carbonyl (C=O) groups is 1. The zero-order valence-electron chi connectivity index (χ0n) is 19.6. The number of imidazole rings is 1. The number of unbranched alkanes of at least 4 members (excludes halogenated alkanes) is 1. The molecule has 6 heteroatoms. The number of aromatic amines is 1. The first-order chi connectivity index (χ1) is 17.0. The van der Waals surface area contributed by atoms with Crippen LogP contribution in [-0.2, 0) is 6.42 Å². The summed E-state index contributed by atoms with van der Waals surface area (Å²) < 4.78 is 2.14. The molecule has 0 spiro atoms. The van der Waals surface area contributed by atoms with Crippen molar-refractivity contribution in [3.8, 4) is 16.9 Å². The molecule has 0 atom stereocenters. The van der Waals surface area contributed by atoms with E-state index in [2.05, 4.69) is 45.7 Å². The highest BCUT2D eigenvalue weighted by atomic mass is 35.5. The van der Waals surface area contributed by atoms with Crippen molar-refractivity contribution in [1.29, 1.82) is 0 Å². The van der Waals surface area contributed by atoms with Gasteiger partial charge in [-0.05, 0) is 54.3 Å². The van der Waals surface area contributed by atoms with Gasteiger partial charge in [0.15, 0.2) is 5.78 Å². The smallest absolute Gasteiger partial charge is 0.196 e. The van der Waals surface area contributed by atoms with E-state index in [4.69, 9.17) is 23.2 Å². The molecule has 0 fully saturated rings. The Morgan fingerprint density at radius 2 is 1.86 bits per heavy atom. The minimum atomic E-state index is -0.122. The van der Waals surface area contributed by atoms with Gasteiger partial charge in [-0.3, -0.25) is 4.79 Å². The molecule has 5 rings (SSSR count). The molecule has 0 unspecified atom stereocenters. The van der Waals surface area contributed by atoms with E-state index in [1.807, 2.05) is 25.1 Å². The lowest BCUT2D eigenvalue weighted by Gasteiger charge is -2.13. The fourth-order valence-corrected chi connectivity index (χ4v) is 5.34. The van der Waals surface area contributed by atoms with Crippen molar-refractivity contribution in [2.45, 2.75) is 33.1 Å². The number of hydrogen-bond donors (Lipinski definition) is 1. The molecule has 0 saturated carbocycles. The average Bonchev–Trinajstić information content (AvgIpc) is 3.48. The van der Waals surface area contributed by atoms with Crippen LogP contribution in [0.15, 0.2) is 73.2 Å². The first-order valence-electron chi connectivity index (χ1n) is 11.7. The van der Waals surface area contributed by atoms with Crippen LogP contribution >= 0.6 is 23.2 Å². The highest BCUT2D eigenvalue weighted by Crippen LogP contribution is 2.40. The minimum Gasteiger partial charge on any atom is -0.331 e. The van der Waals surface area contributed by atoms with Crippen LogP contribution in [-0.4, -0.2) is 20.3 Å². The number of benzene rings is 3. The lowest BCUT2D eigenvalue weighted by Crippen LogP contribution is -2.06. The molecule has 4 nitrogen and oxygen atoms in total. The van der Waals surface area contributed by atoms with E-state index >= 15 is 0 Å². The molecule has 176 valence electrons. The van der Waals surface area contributed by atoms with Gasteiger partial charge in [-0.15, -0.1) is 0 Å². The maximum Gasteiger partial charge on any atom is 0.196 e. The van der Waals surface area contributed by atoms with E-state index in [1.165, 1.54) is 0 Å². The number of rotatable bonds is 7. The molecule has 0 saturated heterocycles. The Labute approximate surface area is 214 Å². The predicted octanol–water partition coefficient (Wildman–Crippen LogP) is 8.21. The van der Waals surface area contributed by atoms with E-state index < -0.39 is 0 Å². The summed E-state index contributed by atoms with van der Waals surface area (Å²) in [4.78, 5) is 21.7. The highest BCUT2D eigenvalue weighted by Gasteiger charge is 2.29. The Morgan fingerprint density at radius 3 is 2.60 bits per heavy atom. The lowest BCUT2D eigenvalue weighted by atomic mass is 9.90. The Hall–Kier alpha value is -3.34. The van der Waals surface area contributed by atoms with Crippen LogP contribution in [0.1, 0.15) is 47.1 Å². The summed E-state index contributed by atoms with van der Waals surface area (Å²) in [6.07, 6.45) is 6.29. The standard InChI is InChI=1S/C29H25Cl2N3O/c1-3-4-12-25-28(22-11-7-9-19-8-5-6-10-21(19)22)27(18(2)34(25)26-16-32-17-33-26)29(35)23-14-13-20(30)15-24(23)31/h5-11,13-17H,3-4,12H2,1-2H3,(H,32,33). The van der Waals surface area contributed by atoms with Crippen molar-refractivity contribution < 1.29 is 4.79 Å². The van der Waals surface area contributed by atoms with E-state index in [9.17, 15) is 4.79 Å². The molecule has 35 heavy (non-hydrogen) atoms. The number of carbonyl (C=O) groups excluding carboxylic acids is 1. The van der Waals surface area contributed by atoms with E-state index in [1.54, 1.807) is 30.7 Å². The second-order valence-electron chi connectivity index (χ2n) is 8.64. The Bertz CT molecular complexity index is 1530. The van der Waals surface area contributed by atoms with Gasteiger partial charge in [0.2, 0.25) is 0 Å². The summed E-state index contributed by atoms with van der Waals surface area (Å²) in [5.41, 5.74) is 4.98. The van der Waals surface area contributed by atoms with Gasteiger partial charge in [0, 0.05) is 27.5 Å². The summed E-state index contributed by atoms with van der Waals surface area (Å²) in [6, 6.07) is 19.6. The Morgan fingerprint density at radius 1 is 1.06 bits per heavy atom. The van der Waals surface area contributed by atoms with Gasteiger partial charge < -0.3 is 9.55 Å². The van der Waals surface area contributed by atoms with E-state index in [0.29, 0.717) is 21.2 Å². The van der Waals surface area contributed by atoms with Crippen molar-refractivity contribution in [3.05, 3.63) is 106 Å².